The predicted octanol–water partition coefficient (Wildman–Crippen LogP) is 4.84. The lowest BCUT2D eigenvalue weighted by molar-refractivity contribution is -0.131. The fourth-order valence-corrected chi connectivity index (χ4v) is 4.56. The summed E-state index contributed by atoms with van der Waals surface area (Å²) in [5.41, 5.74) is 5.72. The lowest BCUT2D eigenvalue weighted by atomic mass is 9.98. The summed E-state index contributed by atoms with van der Waals surface area (Å²) < 4.78 is 15.2. The van der Waals surface area contributed by atoms with Crippen LogP contribution in [0, 0.1) is 35.9 Å². The van der Waals surface area contributed by atoms with Gasteiger partial charge in [-0.15, -0.1) is 0 Å². The number of hydrogen-bond donors (Lipinski definition) is 1. The van der Waals surface area contributed by atoms with Gasteiger partial charge in [-0.05, 0) is 73.1 Å². The van der Waals surface area contributed by atoms with Crippen LogP contribution in [0.15, 0.2) is 41.5 Å². The average molecular weight is 492 g/mol. The van der Waals surface area contributed by atoms with Gasteiger partial charge in [-0.25, -0.2) is 4.39 Å². The number of nitriles is 1. The van der Waals surface area contributed by atoms with Crippen LogP contribution in [-0.2, 0) is 9.59 Å². The van der Waals surface area contributed by atoms with Crippen molar-refractivity contribution in [1.82, 2.24) is 10.3 Å². The number of benzene rings is 2. The van der Waals surface area contributed by atoms with Gasteiger partial charge < -0.3 is 10.3 Å². The van der Waals surface area contributed by atoms with Gasteiger partial charge in [0, 0.05) is 32.5 Å². The molecule has 2 amide bonds. The number of anilines is 1. The molecule has 2 aromatic carbocycles. The van der Waals surface area contributed by atoms with E-state index in [-0.39, 0.29) is 23.4 Å². The molecular formula is C28H34FN5O2. The van der Waals surface area contributed by atoms with Crippen molar-refractivity contribution >= 4 is 23.8 Å². The molecule has 2 aromatic rings. The summed E-state index contributed by atoms with van der Waals surface area (Å²) in [4.78, 5) is 27.6. The van der Waals surface area contributed by atoms with E-state index in [9.17, 15) is 9.59 Å². The third-order valence-corrected chi connectivity index (χ3v) is 6.49. The first kappa shape index (κ1) is 26.9. The van der Waals surface area contributed by atoms with Crippen molar-refractivity contribution in [1.29, 1.82) is 5.26 Å². The Morgan fingerprint density at radius 2 is 2.00 bits per heavy atom. The quantitative estimate of drug-likeness (QED) is 0.260. The summed E-state index contributed by atoms with van der Waals surface area (Å²) in [6, 6.07) is 12.1. The second-order valence-corrected chi connectivity index (χ2v) is 8.95. The molecular weight excluding hydrogens is 457 g/mol. The number of likely N-dealkylation sites (tertiary alicyclic amines) is 1. The highest BCUT2D eigenvalue weighted by Crippen LogP contribution is 2.34. The molecule has 1 aliphatic heterocycles. The minimum absolute atomic E-state index is 0.114. The Balaban J connectivity index is 0.00000176. The normalized spacial score (nSPS) is 17.1. The maximum Gasteiger partial charge on any atom is 0.225 e. The Bertz CT molecular complexity index is 1170. The van der Waals surface area contributed by atoms with Crippen LogP contribution < -0.4 is 10.3 Å². The van der Waals surface area contributed by atoms with E-state index in [2.05, 4.69) is 16.6 Å². The zero-order valence-corrected chi connectivity index (χ0v) is 21.4. The van der Waals surface area contributed by atoms with Crippen LogP contribution in [-0.4, -0.2) is 43.2 Å². The van der Waals surface area contributed by atoms with E-state index < -0.39 is 5.82 Å². The molecule has 36 heavy (non-hydrogen) atoms. The number of amides is 2. The maximum atomic E-state index is 15.2. The molecule has 1 saturated carbocycles. The van der Waals surface area contributed by atoms with E-state index in [1.807, 2.05) is 25.7 Å². The topological polar surface area (TPSA) is 88.8 Å². The van der Waals surface area contributed by atoms with Gasteiger partial charge in [0.05, 0.1) is 17.3 Å². The van der Waals surface area contributed by atoms with Gasteiger partial charge in [0.15, 0.2) is 0 Å². The van der Waals surface area contributed by atoms with E-state index >= 15 is 4.39 Å². The molecule has 0 bridgehead atoms. The lowest BCUT2D eigenvalue weighted by Gasteiger charge is -2.23. The van der Waals surface area contributed by atoms with Crippen molar-refractivity contribution in [2.75, 3.05) is 25.0 Å². The number of aryl methyl sites for hydroxylation is 1. The van der Waals surface area contributed by atoms with Crippen molar-refractivity contribution in [3.05, 3.63) is 53.3 Å². The molecule has 0 aromatic heterocycles. The van der Waals surface area contributed by atoms with Gasteiger partial charge in [-0.1, -0.05) is 26.0 Å². The monoisotopic (exact) mass is 491 g/mol. The second kappa shape index (κ2) is 12.3. The highest BCUT2D eigenvalue weighted by molar-refractivity contribution is 6.10. The number of halogens is 1. The van der Waals surface area contributed by atoms with Crippen molar-refractivity contribution in [3.63, 3.8) is 0 Å². The van der Waals surface area contributed by atoms with Gasteiger partial charge in [-0.3, -0.25) is 14.5 Å². The molecule has 7 nitrogen and oxygen atoms in total. The van der Waals surface area contributed by atoms with Gasteiger partial charge >= 0.3 is 0 Å². The first-order chi connectivity index (χ1) is 17.4. The molecule has 1 atom stereocenters. The molecule has 1 heterocycles. The highest BCUT2D eigenvalue weighted by Gasteiger charge is 2.37. The summed E-state index contributed by atoms with van der Waals surface area (Å²) in [5.74, 6) is 0.420. The van der Waals surface area contributed by atoms with Crippen LogP contribution in [0.4, 0.5) is 10.1 Å². The van der Waals surface area contributed by atoms with Crippen LogP contribution in [0.25, 0.3) is 11.1 Å². The fourth-order valence-electron chi connectivity index (χ4n) is 4.56. The van der Waals surface area contributed by atoms with Gasteiger partial charge in [0.2, 0.25) is 12.3 Å². The van der Waals surface area contributed by atoms with Crippen molar-refractivity contribution in [3.8, 4) is 17.2 Å². The summed E-state index contributed by atoms with van der Waals surface area (Å²) in [7, 11) is 1.63. The molecule has 1 saturated heterocycles. The maximum absolute atomic E-state index is 15.2. The summed E-state index contributed by atoms with van der Waals surface area (Å²) in [6.45, 7) is 7.21. The van der Waals surface area contributed by atoms with Gasteiger partial charge in [-0.2, -0.15) is 10.4 Å². The number of hydrazone groups is 1. The number of nitrogens with one attached hydrogen (secondary N) is 1. The Morgan fingerprint density at radius 1 is 1.25 bits per heavy atom. The van der Waals surface area contributed by atoms with Crippen LogP contribution >= 0.6 is 0 Å². The molecule has 1 N–H and O–H groups in total. The van der Waals surface area contributed by atoms with Crippen molar-refractivity contribution in [2.45, 2.75) is 46.5 Å². The first-order valence-electron chi connectivity index (χ1n) is 12.5. The van der Waals surface area contributed by atoms with E-state index in [0.717, 1.165) is 30.4 Å². The molecule has 1 unspecified atom stereocenters. The number of hydrogen-bond acceptors (Lipinski definition) is 5. The highest BCUT2D eigenvalue weighted by atomic mass is 19.1. The number of rotatable bonds is 7. The molecule has 4 rings (SSSR count). The third-order valence-electron chi connectivity index (χ3n) is 6.49. The van der Waals surface area contributed by atoms with Crippen molar-refractivity contribution < 1.29 is 14.0 Å². The van der Waals surface area contributed by atoms with E-state index in [1.54, 1.807) is 37.4 Å². The van der Waals surface area contributed by atoms with E-state index in [4.69, 9.17) is 5.26 Å². The van der Waals surface area contributed by atoms with E-state index in [1.165, 1.54) is 11.0 Å². The van der Waals surface area contributed by atoms with Gasteiger partial charge in [0.25, 0.3) is 0 Å². The Hall–Kier alpha value is -3.73. The average Bonchev–Trinajstić information content (AvgIpc) is 3.64. The largest absolute Gasteiger partial charge is 0.342 e. The van der Waals surface area contributed by atoms with E-state index in [0.29, 0.717) is 42.9 Å². The van der Waals surface area contributed by atoms with Crippen molar-refractivity contribution in [2.24, 2.45) is 16.9 Å². The third kappa shape index (κ3) is 6.09. The summed E-state index contributed by atoms with van der Waals surface area (Å²) >= 11 is 0. The molecule has 0 spiro atoms. The molecule has 1 aliphatic carbocycles. The van der Waals surface area contributed by atoms with Crippen LogP contribution in [0.5, 0.6) is 0 Å². The zero-order valence-electron chi connectivity index (χ0n) is 21.4. The predicted molar refractivity (Wildman–Crippen MR) is 140 cm³/mol. The van der Waals surface area contributed by atoms with Gasteiger partial charge in [0.1, 0.15) is 11.7 Å². The Kier molecular flexibility index (Phi) is 9.18. The van der Waals surface area contributed by atoms with Crippen LogP contribution in [0.1, 0.15) is 50.7 Å². The number of nitrogens with zero attached hydrogens (tertiary/aromatic N) is 4. The second-order valence-electron chi connectivity index (χ2n) is 8.95. The zero-order chi connectivity index (χ0) is 26.2. The number of amidine groups is 1. The van der Waals surface area contributed by atoms with Crippen LogP contribution in [0.2, 0.25) is 0 Å². The summed E-state index contributed by atoms with van der Waals surface area (Å²) in [5, 5.41) is 13.3. The standard InChI is InChI=1S/C26H28FN5O2.C2H6/c1-17-11-18(14-28)3-7-22(17)21-6-8-24(23(27)13-21)32(16-33)25(30-29-2)12-19-9-10-31(15-19)26(34)20-4-5-20;1-2/h3,6-8,11,13,16,19-20,29H,4-5,9-10,12,15H2,1-2H3;1-2H3/b30-25-;. The Labute approximate surface area is 212 Å². The number of carbonyl (C=O) groups is 2. The van der Waals surface area contributed by atoms with Crippen LogP contribution in [0.3, 0.4) is 0 Å². The minimum Gasteiger partial charge on any atom is -0.342 e. The fraction of sp³-hybridized carbons (Fsp3) is 0.429. The minimum atomic E-state index is -0.547. The molecule has 2 aliphatic rings. The first-order valence-corrected chi connectivity index (χ1v) is 12.5. The molecule has 2 fully saturated rings. The smallest absolute Gasteiger partial charge is 0.225 e. The number of carbonyl (C=O) groups excluding carboxylic acids is 2. The molecule has 8 heteroatoms. The SMILES string of the molecule is CC.CN/N=C(/CC1CCN(C(=O)C2CC2)C1)N(C=O)c1ccc(-c2ccc(C#N)cc2C)cc1F. The molecule has 190 valence electrons. The lowest BCUT2D eigenvalue weighted by Crippen LogP contribution is -2.34. The summed E-state index contributed by atoms with van der Waals surface area (Å²) in [6.07, 6.45) is 3.80. The molecule has 0 radical (unpaired) electrons. The Morgan fingerprint density at radius 3 is 2.58 bits per heavy atom.